The van der Waals surface area contributed by atoms with Gasteiger partial charge in [0.1, 0.15) is 10.6 Å². The molecule has 3 amide bonds. The Balaban J connectivity index is 1.56. The zero-order chi connectivity index (χ0) is 25.8. The summed E-state index contributed by atoms with van der Waals surface area (Å²) >= 11 is 2.63. The van der Waals surface area contributed by atoms with Gasteiger partial charge in [0.2, 0.25) is 0 Å². The van der Waals surface area contributed by atoms with Crippen LogP contribution in [-0.4, -0.2) is 29.2 Å². The highest BCUT2D eigenvalue weighted by molar-refractivity contribution is 8.04. The number of hydrogen-bond acceptors (Lipinski definition) is 6. The number of nitrogens with zero attached hydrogens (tertiary/aromatic N) is 1. The molecule has 4 rings (SSSR count). The minimum atomic E-state index is -0.316. The maximum absolute atomic E-state index is 13.3. The van der Waals surface area contributed by atoms with E-state index >= 15 is 0 Å². The third kappa shape index (κ3) is 5.88. The van der Waals surface area contributed by atoms with Crippen LogP contribution >= 0.6 is 23.1 Å². The van der Waals surface area contributed by atoms with E-state index in [4.69, 9.17) is 0 Å². The van der Waals surface area contributed by atoms with E-state index in [1.54, 1.807) is 18.2 Å². The number of benzene rings is 2. The van der Waals surface area contributed by atoms with E-state index in [9.17, 15) is 14.4 Å². The summed E-state index contributed by atoms with van der Waals surface area (Å²) in [5.41, 5.74) is 2.90. The summed E-state index contributed by atoms with van der Waals surface area (Å²) in [6.45, 7) is 8.56. The van der Waals surface area contributed by atoms with Crippen molar-refractivity contribution in [2.45, 2.75) is 38.5 Å². The molecule has 3 aromatic rings. The van der Waals surface area contributed by atoms with E-state index in [0.717, 1.165) is 10.6 Å². The zero-order valence-corrected chi connectivity index (χ0v) is 22.3. The van der Waals surface area contributed by atoms with Crippen LogP contribution < -0.4 is 10.6 Å². The van der Waals surface area contributed by atoms with Crippen molar-refractivity contribution >= 4 is 52.2 Å². The third-order valence-electron chi connectivity index (χ3n) is 5.60. The fraction of sp³-hybridized carbons (Fsp3) is 0.250. The van der Waals surface area contributed by atoms with Gasteiger partial charge in [0.05, 0.1) is 4.88 Å². The van der Waals surface area contributed by atoms with Crippen LogP contribution in [0.1, 0.15) is 48.8 Å². The molecule has 0 atom stereocenters. The lowest BCUT2D eigenvalue weighted by Gasteiger charge is -2.17. The van der Waals surface area contributed by atoms with E-state index in [1.807, 2.05) is 61.7 Å². The van der Waals surface area contributed by atoms with Crippen LogP contribution in [-0.2, 0) is 9.59 Å². The summed E-state index contributed by atoms with van der Waals surface area (Å²) < 4.78 is 0. The van der Waals surface area contributed by atoms with Crippen molar-refractivity contribution < 1.29 is 14.4 Å². The molecule has 36 heavy (non-hydrogen) atoms. The molecule has 0 saturated carbocycles. The molecule has 0 saturated heterocycles. The molecule has 2 heterocycles. The van der Waals surface area contributed by atoms with Crippen molar-refractivity contribution in [2.75, 3.05) is 17.2 Å². The number of imide groups is 1. The van der Waals surface area contributed by atoms with E-state index in [-0.39, 0.29) is 29.3 Å². The topological polar surface area (TPSA) is 78.5 Å². The molecule has 0 bridgehead atoms. The van der Waals surface area contributed by atoms with E-state index in [1.165, 1.54) is 33.6 Å². The van der Waals surface area contributed by atoms with Crippen LogP contribution in [0.4, 0.5) is 11.4 Å². The summed E-state index contributed by atoms with van der Waals surface area (Å²) in [6, 6.07) is 18.8. The molecule has 8 heteroatoms. The van der Waals surface area contributed by atoms with Crippen LogP contribution in [0.15, 0.2) is 81.5 Å². The molecule has 2 N–H and O–H groups in total. The molecule has 1 aliphatic heterocycles. The Morgan fingerprint density at radius 1 is 0.917 bits per heavy atom. The summed E-state index contributed by atoms with van der Waals surface area (Å²) in [5, 5.41) is 7.93. The van der Waals surface area contributed by atoms with Gasteiger partial charge in [0.15, 0.2) is 0 Å². The Labute approximate surface area is 219 Å². The maximum atomic E-state index is 13.3. The van der Waals surface area contributed by atoms with Gasteiger partial charge in [-0.15, -0.1) is 11.3 Å². The van der Waals surface area contributed by atoms with Gasteiger partial charge in [0, 0.05) is 22.8 Å². The number of rotatable bonds is 9. The number of anilines is 2. The van der Waals surface area contributed by atoms with Gasteiger partial charge in [-0.25, -0.2) is 0 Å². The summed E-state index contributed by atoms with van der Waals surface area (Å²) in [4.78, 5) is 41.9. The SMILES string of the molecule is CC(C)CN1C(=O)C(Nc2ccc(C(C)C)cc2)=C(Sc2ccc(NC(=O)c3cccs3)cc2)C1=O. The first-order valence-electron chi connectivity index (χ1n) is 11.8. The first kappa shape index (κ1) is 25.7. The highest BCUT2D eigenvalue weighted by Gasteiger charge is 2.39. The molecule has 0 unspecified atom stereocenters. The largest absolute Gasteiger partial charge is 0.350 e. The van der Waals surface area contributed by atoms with Gasteiger partial charge in [-0.3, -0.25) is 19.3 Å². The Kier molecular flexibility index (Phi) is 7.96. The van der Waals surface area contributed by atoms with Crippen molar-refractivity contribution in [2.24, 2.45) is 5.92 Å². The summed E-state index contributed by atoms with van der Waals surface area (Å²) in [7, 11) is 0. The van der Waals surface area contributed by atoms with Crippen molar-refractivity contribution in [3.63, 3.8) is 0 Å². The Morgan fingerprint density at radius 2 is 1.58 bits per heavy atom. The number of carbonyl (C=O) groups is 3. The van der Waals surface area contributed by atoms with Crippen LogP contribution in [0, 0.1) is 5.92 Å². The second-order valence-corrected chi connectivity index (χ2v) is 11.3. The van der Waals surface area contributed by atoms with Gasteiger partial charge in [0.25, 0.3) is 17.7 Å². The van der Waals surface area contributed by atoms with Crippen molar-refractivity contribution in [1.82, 2.24) is 4.90 Å². The molecule has 6 nitrogen and oxygen atoms in total. The normalized spacial score (nSPS) is 13.8. The number of hydrogen-bond donors (Lipinski definition) is 2. The second-order valence-electron chi connectivity index (χ2n) is 9.28. The smallest absolute Gasteiger partial charge is 0.278 e. The van der Waals surface area contributed by atoms with Crippen molar-refractivity contribution in [3.05, 3.63) is 87.1 Å². The fourth-order valence-electron chi connectivity index (χ4n) is 3.71. The standard InChI is InChI=1S/C28H29N3O3S2/c1-17(2)16-31-27(33)24(29-20-9-7-19(8-10-20)18(3)4)25(28(31)34)36-22-13-11-21(12-14-22)30-26(32)23-6-5-15-35-23/h5-15,17-18,29H,16H2,1-4H3,(H,30,32). The number of nitrogens with one attached hydrogen (secondary N) is 2. The van der Waals surface area contributed by atoms with Crippen LogP contribution in [0.2, 0.25) is 0 Å². The van der Waals surface area contributed by atoms with Gasteiger partial charge >= 0.3 is 0 Å². The number of carbonyl (C=O) groups excluding carboxylic acids is 3. The van der Waals surface area contributed by atoms with Crippen molar-refractivity contribution in [1.29, 1.82) is 0 Å². The third-order valence-corrected chi connectivity index (χ3v) is 7.56. The lowest BCUT2D eigenvalue weighted by Crippen LogP contribution is -2.35. The first-order chi connectivity index (χ1) is 17.2. The predicted molar refractivity (Wildman–Crippen MR) is 147 cm³/mol. The number of amides is 3. The molecule has 0 radical (unpaired) electrons. The highest BCUT2D eigenvalue weighted by atomic mass is 32.2. The number of thioether (sulfide) groups is 1. The highest BCUT2D eigenvalue weighted by Crippen LogP contribution is 2.36. The molecule has 0 fully saturated rings. The molecular formula is C28H29N3O3S2. The van der Waals surface area contributed by atoms with E-state index in [0.29, 0.717) is 27.9 Å². The quantitative estimate of drug-likeness (QED) is 0.313. The van der Waals surface area contributed by atoms with Gasteiger partial charge in [-0.05, 0) is 65.2 Å². The van der Waals surface area contributed by atoms with Gasteiger partial charge in [-0.1, -0.05) is 57.7 Å². The Hall–Kier alpha value is -3.36. The first-order valence-corrected chi connectivity index (χ1v) is 13.5. The average molecular weight is 520 g/mol. The number of thiophene rings is 1. The Bertz CT molecular complexity index is 1280. The lowest BCUT2D eigenvalue weighted by atomic mass is 10.0. The second kappa shape index (κ2) is 11.1. The summed E-state index contributed by atoms with van der Waals surface area (Å²) in [5.74, 6) is -0.221. The minimum Gasteiger partial charge on any atom is -0.350 e. The lowest BCUT2D eigenvalue weighted by molar-refractivity contribution is -0.137. The molecule has 1 aliphatic rings. The fourth-order valence-corrected chi connectivity index (χ4v) is 5.27. The Morgan fingerprint density at radius 3 is 2.17 bits per heavy atom. The van der Waals surface area contributed by atoms with Gasteiger partial charge < -0.3 is 10.6 Å². The molecule has 0 aliphatic carbocycles. The van der Waals surface area contributed by atoms with Crippen LogP contribution in [0.25, 0.3) is 0 Å². The van der Waals surface area contributed by atoms with Crippen LogP contribution in [0.5, 0.6) is 0 Å². The molecule has 186 valence electrons. The van der Waals surface area contributed by atoms with E-state index < -0.39 is 0 Å². The maximum Gasteiger partial charge on any atom is 0.278 e. The zero-order valence-electron chi connectivity index (χ0n) is 20.7. The molecule has 2 aromatic carbocycles. The minimum absolute atomic E-state index is 0.153. The molecular weight excluding hydrogens is 490 g/mol. The van der Waals surface area contributed by atoms with Crippen LogP contribution in [0.3, 0.4) is 0 Å². The molecule has 0 spiro atoms. The predicted octanol–water partition coefficient (Wildman–Crippen LogP) is 6.56. The average Bonchev–Trinajstić information content (AvgIpc) is 3.46. The van der Waals surface area contributed by atoms with E-state index in [2.05, 4.69) is 24.5 Å². The van der Waals surface area contributed by atoms with Crippen molar-refractivity contribution in [3.8, 4) is 0 Å². The molecule has 1 aromatic heterocycles. The van der Waals surface area contributed by atoms with Gasteiger partial charge in [-0.2, -0.15) is 0 Å². The monoisotopic (exact) mass is 519 g/mol. The summed E-state index contributed by atoms with van der Waals surface area (Å²) in [6.07, 6.45) is 0.